The van der Waals surface area contributed by atoms with Gasteiger partial charge in [-0.05, 0) is 23.3 Å². The fraction of sp³-hybridized carbons (Fsp3) is 0.188. The van der Waals surface area contributed by atoms with E-state index < -0.39 is 11.6 Å². The molecule has 0 N–H and O–H groups in total. The Hall–Kier alpha value is -1.88. The number of thioether (sulfide) groups is 1. The van der Waals surface area contributed by atoms with Crippen LogP contribution in [0.3, 0.4) is 0 Å². The van der Waals surface area contributed by atoms with Crippen LogP contribution in [-0.2, 0) is 11.3 Å². The molecule has 0 radical (unpaired) electrons. The molecule has 0 saturated carbocycles. The molecule has 1 unspecified atom stereocenters. The second kappa shape index (κ2) is 5.85. The number of carbonyl (C=O) groups excluding carboxylic acids is 1. The quantitative estimate of drug-likeness (QED) is 0.861. The van der Waals surface area contributed by atoms with E-state index in [9.17, 15) is 13.6 Å². The second-order valence-corrected chi connectivity index (χ2v) is 5.94. The molecule has 2 nitrogen and oxygen atoms in total. The molecule has 0 spiro atoms. The van der Waals surface area contributed by atoms with E-state index in [1.165, 1.54) is 23.9 Å². The number of carbonyl (C=O) groups is 1. The van der Waals surface area contributed by atoms with Crippen molar-refractivity contribution in [3.63, 3.8) is 0 Å². The maximum Gasteiger partial charge on any atom is 0.234 e. The SMILES string of the molecule is O=C1CSC(c2ccccc2)N1Cc1cc(F)cc(F)c1. The first kappa shape index (κ1) is 14.1. The van der Waals surface area contributed by atoms with Crippen LogP contribution in [0.2, 0.25) is 0 Å². The number of amides is 1. The summed E-state index contributed by atoms with van der Waals surface area (Å²) in [6.45, 7) is 0.208. The van der Waals surface area contributed by atoms with Crippen molar-refractivity contribution in [2.45, 2.75) is 11.9 Å². The third kappa shape index (κ3) is 3.08. The monoisotopic (exact) mass is 305 g/mol. The molecule has 0 bridgehead atoms. The molecule has 2 aromatic rings. The van der Waals surface area contributed by atoms with Gasteiger partial charge in [-0.3, -0.25) is 4.79 Å². The van der Waals surface area contributed by atoms with Crippen LogP contribution in [0.15, 0.2) is 48.5 Å². The van der Waals surface area contributed by atoms with E-state index in [1.807, 2.05) is 30.3 Å². The minimum Gasteiger partial charge on any atom is -0.322 e. The van der Waals surface area contributed by atoms with Gasteiger partial charge >= 0.3 is 0 Å². The lowest BCUT2D eigenvalue weighted by atomic mass is 10.1. The summed E-state index contributed by atoms with van der Waals surface area (Å²) in [6.07, 6.45) is 0. The van der Waals surface area contributed by atoms with Crippen LogP contribution in [0.5, 0.6) is 0 Å². The molecule has 1 atom stereocenters. The summed E-state index contributed by atoms with van der Waals surface area (Å²) >= 11 is 1.53. The van der Waals surface area contributed by atoms with Crippen LogP contribution in [-0.4, -0.2) is 16.6 Å². The Labute approximate surface area is 125 Å². The molecular formula is C16H13F2NOS. The van der Waals surface area contributed by atoms with Gasteiger partial charge in [-0.15, -0.1) is 11.8 Å². The highest BCUT2D eigenvalue weighted by molar-refractivity contribution is 8.00. The van der Waals surface area contributed by atoms with Crippen LogP contribution in [0.25, 0.3) is 0 Å². The minimum atomic E-state index is -0.624. The van der Waals surface area contributed by atoms with E-state index in [4.69, 9.17) is 0 Å². The highest BCUT2D eigenvalue weighted by Crippen LogP contribution is 2.39. The van der Waals surface area contributed by atoms with Gasteiger partial charge in [0, 0.05) is 12.6 Å². The highest BCUT2D eigenvalue weighted by Gasteiger charge is 2.32. The van der Waals surface area contributed by atoms with Crippen molar-refractivity contribution in [3.8, 4) is 0 Å². The standard InChI is InChI=1S/C16H13F2NOS/c17-13-6-11(7-14(18)8-13)9-19-15(20)10-21-16(19)12-4-2-1-3-5-12/h1-8,16H,9-10H2. The summed E-state index contributed by atoms with van der Waals surface area (Å²) in [5.74, 6) is -0.878. The van der Waals surface area contributed by atoms with E-state index in [-0.39, 0.29) is 17.8 Å². The number of halogens is 2. The topological polar surface area (TPSA) is 20.3 Å². The summed E-state index contributed by atoms with van der Waals surface area (Å²) < 4.78 is 26.5. The smallest absolute Gasteiger partial charge is 0.234 e. The van der Waals surface area contributed by atoms with E-state index in [2.05, 4.69) is 0 Å². The third-order valence-corrected chi connectivity index (χ3v) is 4.58. The van der Waals surface area contributed by atoms with Crippen molar-refractivity contribution >= 4 is 17.7 Å². The Morgan fingerprint density at radius 1 is 1.10 bits per heavy atom. The predicted molar refractivity (Wildman–Crippen MR) is 78.5 cm³/mol. The average Bonchev–Trinajstić information content (AvgIpc) is 2.80. The second-order valence-electron chi connectivity index (χ2n) is 4.87. The summed E-state index contributed by atoms with van der Waals surface area (Å²) in [7, 11) is 0. The number of hydrogen-bond donors (Lipinski definition) is 0. The summed E-state index contributed by atoms with van der Waals surface area (Å²) in [4.78, 5) is 13.7. The van der Waals surface area contributed by atoms with Gasteiger partial charge in [0.15, 0.2) is 0 Å². The van der Waals surface area contributed by atoms with Gasteiger partial charge in [0.1, 0.15) is 17.0 Å². The van der Waals surface area contributed by atoms with Gasteiger partial charge in [-0.2, -0.15) is 0 Å². The number of benzene rings is 2. The fourth-order valence-corrected chi connectivity index (χ4v) is 3.61. The zero-order valence-electron chi connectivity index (χ0n) is 11.1. The molecule has 2 aromatic carbocycles. The van der Waals surface area contributed by atoms with Crippen molar-refractivity contribution in [2.24, 2.45) is 0 Å². The summed E-state index contributed by atoms with van der Waals surface area (Å²) in [6, 6.07) is 13.0. The lowest BCUT2D eigenvalue weighted by Crippen LogP contribution is -2.27. The van der Waals surface area contributed by atoms with E-state index in [1.54, 1.807) is 4.90 Å². The number of nitrogens with zero attached hydrogens (tertiary/aromatic N) is 1. The fourth-order valence-electron chi connectivity index (χ4n) is 2.42. The lowest BCUT2D eigenvalue weighted by molar-refractivity contribution is -0.128. The van der Waals surface area contributed by atoms with Crippen LogP contribution >= 0.6 is 11.8 Å². The Morgan fingerprint density at radius 3 is 2.43 bits per heavy atom. The number of rotatable bonds is 3. The largest absolute Gasteiger partial charge is 0.322 e. The lowest BCUT2D eigenvalue weighted by Gasteiger charge is -2.24. The first-order valence-electron chi connectivity index (χ1n) is 6.54. The van der Waals surface area contributed by atoms with Gasteiger partial charge in [-0.25, -0.2) is 8.78 Å². The zero-order chi connectivity index (χ0) is 14.8. The molecule has 5 heteroatoms. The van der Waals surface area contributed by atoms with E-state index in [0.29, 0.717) is 11.3 Å². The predicted octanol–water partition coefficient (Wildman–Crippen LogP) is 3.74. The summed E-state index contributed by atoms with van der Waals surface area (Å²) in [5, 5.41) is -0.106. The zero-order valence-corrected chi connectivity index (χ0v) is 11.9. The van der Waals surface area contributed by atoms with Crippen LogP contribution in [0, 0.1) is 11.6 Å². The highest BCUT2D eigenvalue weighted by atomic mass is 32.2. The van der Waals surface area contributed by atoms with Crippen molar-refractivity contribution in [1.29, 1.82) is 0 Å². The van der Waals surface area contributed by atoms with E-state index >= 15 is 0 Å². The molecule has 21 heavy (non-hydrogen) atoms. The van der Waals surface area contributed by atoms with Crippen LogP contribution < -0.4 is 0 Å². The molecule has 108 valence electrons. The van der Waals surface area contributed by atoms with Crippen LogP contribution in [0.1, 0.15) is 16.5 Å². The minimum absolute atomic E-state index is 0.0153. The molecule has 1 fully saturated rings. The molecule has 1 aliphatic rings. The van der Waals surface area contributed by atoms with Crippen molar-refractivity contribution < 1.29 is 13.6 Å². The molecule has 1 heterocycles. The van der Waals surface area contributed by atoms with Gasteiger partial charge in [0.2, 0.25) is 5.91 Å². The van der Waals surface area contributed by atoms with Gasteiger partial charge in [0.25, 0.3) is 0 Å². The van der Waals surface area contributed by atoms with Crippen molar-refractivity contribution in [2.75, 3.05) is 5.75 Å². The Kier molecular flexibility index (Phi) is 3.92. The van der Waals surface area contributed by atoms with E-state index in [0.717, 1.165) is 11.6 Å². The molecule has 1 amide bonds. The molecular weight excluding hydrogens is 292 g/mol. The summed E-state index contributed by atoms with van der Waals surface area (Å²) in [5.41, 5.74) is 1.48. The Morgan fingerprint density at radius 2 is 1.76 bits per heavy atom. The number of hydrogen-bond acceptors (Lipinski definition) is 2. The maximum absolute atomic E-state index is 13.3. The molecule has 3 rings (SSSR count). The molecule has 0 aliphatic carbocycles. The Bertz CT molecular complexity index is 642. The normalized spacial score (nSPS) is 18.3. The molecule has 1 saturated heterocycles. The first-order chi connectivity index (χ1) is 10.1. The first-order valence-corrected chi connectivity index (χ1v) is 7.59. The van der Waals surface area contributed by atoms with Gasteiger partial charge < -0.3 is 4.90 Å². The average molecular weight is 305 g/mol. The van der Waals surface area contributed by atoms with Crippen molar-refractivity contribution in [3.05, 3.63) is 71.3 Å². The maximum atomic E-state index is 13.3. The third-order valence-electron chi connectivity index (χ3n) is 3.33. The van der Waals surface area contributed by atoms with Crippen LogP contribution in [0.4, 0.5) is 8.78 Å². The van der Waals surface area contributed by atoms with Gasteiger partial charge in [0.05, 0.1) is 5.75 Å². The Balaban J connectivity index is 1.86. The van der Waals surface area contributed by atoms with Crippen molar-refractivity contribution in [1.82, 2.24) is 4.90 Å². The molecule has 0 aromatic heterocycles. The molecule has 1 aliphatic heterocycles. The van der Waals surface area contributed by atoms with Gasteiger partial charge in [-0.1, -0.05) is 30.3 Å².